The molecule has 28 heavy (non-hydrogen) atoms. The van der Waals surface area contributed by atoms with Crippen LogP contribution >= 0.6 is 0 Å². The van der Waals surface area contributed by atoms with E-state index in [0.717, 1.165) is 5.69 Å². The standard InChI is InChI=1S/C20H23N3O5/c1-13(20(25)26)28-18-15(8-6-10-17(18)27-4)12-21-22-19(24)14-7-5-9-16(11-14)23(2)3/h5-13H,1-4H3,(H,22,24)(H,25,26)/b21-12-/t13-/m1/s1. The highest BCUT2D eigenvalue weighted by atomic mass is 16.5. The lowest BCUT2D eigenvalue weighted by molar-refractivity contribution is -0.144. The van der Waals surface area contributed by atoms with Crippen molar-refractivity contribution in [2.75, 3.05) is 26.1 Å². The molecule has 2 rings (SSSR count). The number of carbonyl (C=O) groups excluding carboxylic acids is 1. The molecule has 0 aliphatic carbocycles. The molecule has 0 fully saturated rings. The number of amides is 1. The molecule has 0 bridgehead atoms. The number of carboxylic acids is 1. The number of aliphatic carboxylic acids is 1. The van der Waals surface area contributed by atoms with Gasteiger partial charge in [0, 0.05) is 30.9 Å². The summed E-state index contributed by atoms with van der Waals surface area (Å²) in [6.07, 6.45) is 0.298. The zero-order valence-electron chi connectivity index (χ0n) is 16.2. The first kappa shape index (κ1) is 20.8. The number of benzene rings is 2. The van der Waals surface area contributed by atoms with Gasteiger partial charge in [0.05, 0.1) is 13.3 Å². The van der Waals surface area contributed by atoms with Crippen LogP contribution in [0.5, 0.6) is 11.5 Å². The summed E-state index contributed by atoms with van der Waals surface area (Å²) in [4.78, 5) is 25.3. The van der Waals surface area contributed by atoms with Crippen LogP contribution in [0.2, 0.25) is 0 Å². The van der Waals surface area contributed by atoms with Crippen LogP contribution in [0.25, 0.3) is 0 Å². The van der Waals surface area contributed by atoms with E-state index in [1.807, 2.05) is 25.1 Å². The molecule has 148 valence electrons. The molecule has 0 spiro atoms. The van der Waals surface area contributed by atoms with Crippen LogP contribution in [0.4, 0.5) is 5.69 Å². The number of nitrogens with one attached hydrogen (secondary N) is 1. The Labute approximate surface area is 163 Å². The average Bonchev–Trinajstić information content (AvgIpc) is 2.68. The molecule has 0 saturated carbocycles. The van der Waals surface area contributed by atoms with Crippen LogP contribution in [0.15, 0.2) is 47.6 Å². The number of carboxylic acid groups (broad SMARTS) is 1. The van der Waals surface area contributed by atoms with Crippen LogP contribution in [0.3, 0.4) is 0 Å². The van der Waals surface area contributed by atoms with E-state index in [1.165, 1.54) is 20.2 Å². The molecule has 0 radical (unpaired) electrons. The fourth-order valence-corrected chi connectivity index (χ4v) is 2.30. The predicted octanol–water partition coefficient (Wildman–Crippen LogP) is 2.38. The summed E-state index contributed by atoms with van der Waals surface area (Å²) in [5.41, 5.74) is 4.28. The summed E-state index contributed by atoms with van der Waals surface area (Å²) >= 11 is 0. The monoisotopic (exact) mass is 385 g/mol. The molecule has 0 aliphatic heterocycles. The number of carbonyl (C=O) groups is 2. The highest BCUT2D eigenvalue weighted by Gasteiger charge is 2.18. The fourth-order valence-electron chi connectivity index (χ4n) is 2.30. The lowest BCUT2D eigenvalue weighted by atomic mass is 10.2. The SMILES string of the molecule is COc1cccc(/C=N\NC(=O)c2cccc(N(C)C)c2)c1O[C@H](C)C(=O)O. The van der Waals surface area contributed by atoms with Gasteiger partial charge in [-0.15, -0.1) is 0 Å². The Morgan fingerprint density at radius 3 is 2.57 bits per heavy atom. The minimum Gasteiger partial charge on any atom is -0.493 e. The lowest BCUT2D eigenvalue weighted by Crippen LogP contribution is -2.24. The van der Waals surface area contributed by atoms with E-state index >= 15 is 0 Å². The first-order valence-electron chi connectivity index (χ1n) is 8.50. The fraction of sp³-hybridized carbons (Fsp3) is 0.250. The summed E-state index contributed by atoms with van der Waals surface area (Å²) in [7, 11) is 5.23. The Hall–Kier alpha value is -3.55. The zero-order valence-corrected chi connectivity index (χ0v) is 16.2. The van der Waals surface area contributed by atoms with Gasteiger partial charge in [0.1, 0.15) is 0 Å². The number of hydrogen-bond acceptors (Lipinski definition) is 6. The van der Waals surface area contributed by atoms with Crippen LogP contribution in [0.1, 0.15) is 22.8 Å². The number of ether oxygens (including phenoxy) is 2. The number of anilines is 1. The van der Waals surface area contributed by atoms with E-state index in [0.29, 0.717) is 16.9 Å². The first-order chi connectivity index (χ1) is 13.3. The molecule has 8 heteroatoms. The van der Waals surface area contributed by atoms with Gasteiger partial charge in [-0.25, -0.2) is 10.2 Å². The average molecular weight is 385 g/mol. The smallest absolute Gasteiger partial charge is 0.344 e. The molecule has 8 nitrogen and oxygen atoms in total. The minimum atomic E-state index is -1.11. The Morgan fingerprint density at radius 2 is 1.93 bits per heavy atom. The normalized spacial score (nSPS) is 11.7. The summed E-state index contributed by atoms with van der Waals surface area (Å²) in [6, 6.07) is 12.1. The van der Waals surface area contributed by atoms with Crippen molar-refractivity contribution in [3.05, 3.63) is 53.6 Å². The second kappa shape index (κ2) is 9.40. The van der Waals surface area contributed by atoms with Gasteiger partial charge < -0.3 is 19.5 Å². The predicted molar refractivity (Wildman–Crippen MR) is 107 cm³/mol. The molecule has 2 aromatic carbocycles. The van der Waals surface area contributed by atoms with E-state index in [9.17, 15) is 9.59 Å². The number of hydrazone groups is 1. The van der Waals surface area contributed by atoms with Crippen molar-refractivity contribution in [2.45, 2.75) is 13.0 Å². The third-order valence-electron chi connectivity index (χ3n) is 3.87. The van der Waals surface area contributed by atoms with Crippen molar-refractivity contribution in [2.24, 2.45) is 5.10 Å². The topological polar surface area (TPSA) is 100 Å². The molecule has 0 heterocycles. The van der Waals surface area contributed by atoms with Crippen LogP contribution in [0, 0.1) is 0 Å². The molecular weight excluding hydrogens is 362 g/mol. The summed E-state index contributed by atoms with van der Waals surface area (Å²) in [6.45, 7) is 1.41. The highest BCUT2D eigenvalue weighted by Crippen LogP contribution is 2.31. The van der Waals surface area contributed by atoms with Gasteiger partial charge in [-0.1, -0.05) is 12.1 Å². The molecule has 0 aliphatic rings. The maximum absolute atomic E-state index is 12.3. The van der Waals surface area contributed by atoms with Crippen molar-refractivity contribution < 1.29 is 24.2 Å². The number of hydrogen-bond donors (Lipinski definition) is 2. The molecule has 2 N–H and O–H groups in total. The van der Waals surface area contributed by atoms with Crippen LogP contribution in [-0.4, -0.2) is 50.5 Å². The number of methoxy groups -OCH3 is 1. The van der Waals surface area contributed by atoms with Crippen LogP contribution < -0.4 is 19.8 Å². The summed E-state index contributed by atoms with van der Waals surface area (Å²) in [5, 5.41) is 13.0. The number of rotatable bonds is 8. The summed E-state index contributed by atoms with van der Waals surface area (Å²) in [5.74, 6) is -0.887. The molecule has 1 amide bonds. The third kappa shape index (κ3) is 5.23. The third-order valence-corrected chi connectivity index (χ3v) is 3.87. The van der Waals surface area contributed by atoms with E-state index < -0.39 is 12.1 Å². The van der Waals surface area contributed by atoms with E-state index in [1.54, 1.807) is 36.4 Å². The minimum absolute atomic E-state index is 0.229. The van der Waals surface area contributed by atoms with Gasteiger partial charge >= 0.3 is 5.97 Å². The van der Waals surface area contributed by atoms with E-state index in [4.69, 9.17) is 14.6 Å². The van der Waals surface area contributed by atoms with Crippen molar-refractivity contribution in [3.63, 3.8) is 0 Å². The molecule has 0 saturated heterocycles. The van der Waals surface area contributed by atoms with Crippen molar-refractivity contribution >= 4 is 23.8 Å². The van der Waals surface area contributed by atoms with Gasteiger partial charge in [-0.2, -0.15) is 5.10 Å². The van der Waals surface area contributed by atoms with Gasteiger partial charge in [-0.3, -0.25) is 4.79 Å². The van der Waals surface area contributed by atoms with Gasteiger partial charge in [0.25, 0.3) is 5.91 Å². The largest absolute Gasteiger partial charge is 0.493 e. The Balaban J connectivity index is 2.18. The zero-order chi connectivity index (χ0) is 20.7. The Bertz CT molecular complexity index is 880. The maximum Gasteiger partial charge on any atom is 0.344 e. The first-order valence-corrected chi connectivity index (χ1v) is 8.50. The van der Waals surface area contributed by atoms with E-state index in [2.05, 4.69) is 10.5 Å². The van der Waals surface area contributed by atoms with E-state index in [-0.39, 0.29) is 11.7 Å². The van der Waals surface area contributed by atoms with Crippen molar-refractivity contribution in [1.82, 2.24) is 5.43 Å². The molecule has 0 unspecified atom stereocenters. The number of para-hydroxylation sites is 1. The summed E-state index contributed by atoms with van der Waals surface area (Å²) < 4.78 is 10.7. The maximum atomic E-state index is 12.3. The van der Waals surface area contributed by atoms with Gasteiger partial charge in [-0.05, 0) is 37.3 Å². The van der Waals surface area contributed by atoms with Crippen molar-refractivity contribution in [1.29, 1.82) is 0 Å². The Kier molecular flexibility index (Phi) is 6.97. The van der Waals surface area contributed by atoms with Gasteiger partial charge in [0.15, 0.2) is 17.6 Å². The second-order valence-electron chi connectivity index (χ2n) is 6.12. The highest BCUT2D eigenvalue weighted by molar-refractivity contribution is 5.96. The molecular formula is C20H23N3O5. The number of nitrogens with zero attached hydrogens (tertiary/aromatic N) is 2. The van der Waals surface area contributed by atoms with Crippen LogP contribution in [-0.2, 0) is 4.79 Å². The van der Waals surface area contributed by atoms with Gasteiger partial charge in [0.2, 0.25) is 0 Å². The Morgan fingerprint density at radius 1 is 1.21 bits per heavy atom. The molecule has 1 atom stereocenters. The lowest BCUT2D eigenvalue weighted by Gasteiger charge is -2.15. The molecule has 2 aromatic rings. The van der Waals surface area contributed by atoms with Crippen molar-refractivity contribution in [3.8, 4) is 11.5 Å². The molecule has 0 aromatic heterocycles. The second-order valence-corrected chi connectivity index (χ2v) is 6.12. The quantitative estimate of drug-likeness (QED) is 0.535.